The molecule has 0 atom stereocenters. The molecular formula is C18H23F2IN6. The number of hydrogen-bond acceptors (Lipinski definition) is 4. The minimum Gasteiger partial charge on any atom is -0.356 e. The molecule has 1 fully saturated rings. The van der Waals surface area contributed by atoms with Gasteiger partial charge in [-0.15, -0.1) is 24.0 Å². The van der Waals surface area contributed by atoms with E-state index < -0.39 is 11.6 Å². The first kappa shape index (κ1) is 21.3. The Labute approximate surface area is 174 Å². The molecule has 146 valence electrons. The van der Waals surface area contributed by atoms with Gasteiger partial charge in [0.1, 0.15) is 0 Å². The molecular weight excluding hydrogens is 465 g/mol. The Kier molecular flexibility index (Phi) is 8.14. The largest absolute Gasteiger partial charge is 0.356 e. The summed E-state index contributed by atoms with van der Waals surface area (Å²) in [5, 5.41) is 3.23. The van der Waals surface area contributed by atoms with Gasteiger partial charge in [0.2, 0.25) is 5.95 Å². The molecule has 0 spiro atoms. The molecule has 2 heterocycles. The summed E-state index contributed by atoms with van der Waals surface area (Å²) in [5.41, 5.74) is 0.360. The van der Waals surface area contributed by atoms with E-state index in [4.69, 9.17) is 0 Å². The molecule has 0 unspecified atom stereocenters. The Hall–Kier alpha value is -2.04. The summed E-state index contributed by atoms with van der Waals surface area (Å²) in [6, 6.07) is 6.04. The zero-order chi connectivity index (χ0) is 18.4. The lowest BCUT2D eigenvalue weighted by Crippen LogP contribution is -2.53. The monoisotopic (exact) mass is 488 g/mol. The molecule has 27 heavy (non-hydrogen) atoms. The minimum absolute atomic E-state index is 0. The second kappa shape index (κ2) is 10.3. The Bertz CT molecular complexity index is 751. The molecule has 1 N–H and O–H groups in total. The van der Waals surface area contributed by atoms with Crippen molar-refractivity contribution in [3.63, 3.8) is 0 Å². The van der Waals surface area contributed by atoms with E-state index in [1.54, 1.807) is 31.6 Å². The molecule has 1 aromatic carbocycles. The van der Waals surface area contributed by atoms with Gasteiger partial charge in [-0.1, -0.05) is 12.1 Å². The third-order valence-electron chi connectivity index (χ3n) is 4.34. The molecule has 1 aliphatic rings. The topological polar surface area (TPSA) is 56.7 Å². The van der Waals surface area contributed by atoms with Crippen molar-refractivity contribution in [1.29, 1.82) is 0 Å². The van der Waals surface area contributed by atoms with Crippen molar-refractivity contribution in [3.05, 3.63) is 53.9 Å². The molecule has 0 aliphatic carbocycles. The van der Waals surface area contributed by atoms with Gasteiger partial charge in [-0.3, -0.25) is 4.99 Å². The second-order valence-electron chi connectivity index (χ2n) is 5.96. The van der Waals surface area contributed by atoms with Crippen LogP contribution in [0.2, 0.25) is 0 Å². The highest BCUT2D eigenvalue weighted by atomic mass is 127. The fourth-order valence-electron chi connectivity index (χ4n) is 2.96. The summed E-state index contributed by atoms with van der Waals surface area (Å²) >= 11 is 0. The molecule has 0 radical (unpaired) electrons. The Morgan fingerprint density at radius 2 is 1.81 bits per heavy atom. The average molecular weight is 488 g/mol. The smallest absolute Gasteiger partial charge is 0.225 e. The van der Waals surface area contributed by atoms with Gasteiger partial charge in [-0.2, -0.15) is 0 Å². The number of benzene rings is 1. The number of nitrogens with zero attached hydrogens (tertiary/aromatic N) is 5. The van der Waals surface area contributed by atoms with E-state index in [-0.39, 0.29) is 24.0 Å². The van der Waals surface area contributed by atoms with Crippen LogP contribution in [0.1, 0.15) is 5.56 Å². The Morgan fingerprint density at radius 1 is 1.11 bits per heavy atom. The number of hydrogen-bond donors (Lipinski definition) is 1. The maximum atomic E-state index is 13.7. The highest BCUT2D eigenvalue weighted by Crippen LogP contribution is 2.12. The zero-order valence-corrected chi connectivity index (χ0v) is 17.4. The van der Waals surface area contributed by atoms with E-state index in [0.29, 0.717) is 18.5 Å². The number of guanidine groups is 1. The van der Waals surface area contributed by atoms with Crippen molar-refractivity contribution in [2.24, 2.45) is 4.99 Å². The first-order valence-electron chi connectivity index (χ1n) is 8.59. The second-order valence-corrected chi connectivity index (χ2v) is 5.96. The quantitative estimate of drug-likeness (QED) is 0.407. The van der Waals surface area contributed by atoms with Crippen LogP contribution in [0.3, 0.4) is 0 Å². The molecule has 0 amide bonds. The van der Waals surface area contributed by atoms with E-state index in [2.05, 4.69) is 30.1 Å². The predicted octanol–water partition coefficient (Wildman–Crippen LogP) is 2.31. The molecule has 1 saturated heterocycles. The lowest BCUT2D eigenvalue weighted by molar-refractivity contribution is 0.370. The third-order valence-corrected chi connectivity index (χ3v) is 4.34. The van der Waals surface area contributed by atoms with Crippen molar-refractivity contribution < 1.29 is 8.78 Å². The molecule has 9 heteroatoms. The molecule has 1 aliphatic heterocycles. The van der Waals surface area contributed by atoms with E-state index in [9.17, 15) is 8.78 Å². The van der Waals surface area contributed by atoms with Crippen LogP contribution in [0.5, 0.6) is 0 Å². The van der Waals surface area contributed by atoms with Gasteiger partial charge < -0.3 is 15.1 Å². The van der Waals surface area contributed by atoms with Crippen LogP contribution < -0.4 is 10.2 Å². The van der Waals surface area contributed by atoms with Crippen LogP contribution in [0.15, 0.2) is 41.7 Å². The highest BCUT2D eigenvalue weighted by molar-refractivity contribution is 14.0. The first-order chi connectivity index (χ1) is 12.7. The van der Waals surface area contributed by atoms with E-state index in [0.717, 1.165) is 44.2 Å². The summed E-state index contributed by atoms with van der Waals surface area (Å²) in [5.74, 6) is -0.0981. The van der Waals surface area contributed by atoms with Crippen molar-refractivity contribution in [3.8, 4) is 0 Å². The lowest BCUT2D eigenvalue weighted by atomic mass is 10.1. The number of halogens is 3. The first-order valence-corrected chi connectivity index (χ1v) is 8.59. The summed E-state index contributed by atoms with van der Waals surface area (Å²) in [6.45, 7) is 3.64. The normalized spacial score (nSPS) is 14.7. The van der Waals surface area contributed by atoms with Gasteiger partial charge in [0.25, 0.3) is 0 Å². The van der Waals surface area contributed by atoms with Crippen molar-refractivity contribution in [1.82, 2.24) is 20.2 Å². The Balaban J connectivity index is 0.00000261. The van der Waals surface area contributed by atoms with E-state index >= 15 is 0 Å². The molecule has 1 aromatic heterocycles. The molecule has 6 nitrogen and oxygen atoms in total. The van der Waals surface area contributed by atoms with Crippen molar-refractivity contribution in [2.75, 3.05) is 44.7 Å². The van der Waals surface area contributed by atoms with Crippen LogP contribution in [0.25, 0.3) is 0 Å². The van der Waals surface area contributed by atoms with E-state index in [1.807, 2.05) is 0 Å². The number of aromatic nitrogens is 2. The van der Waals surface area contributed by atoms with Gasteiger partial charge in [0, 0.05) is 52.2 Å². The molecule has 0 bridgehead atoms. The van der Waals surface area contributed by atoms with Gasteiger partial charge in [-0.25, -0.2) is 18.7 Å². The van der Waals surface area contributed by atoms with E-state index in [1.165, 1.54) is 6.07 Å². The van der Waals surface area contributed by atoms with Crippen molar-refractivity contribution >= 4 is 35.9 Å². The number of rotatable bonds is 4. The fourth-order valence-corrected chi connectivity index (χ4v) is 2.96. The Morgan fingerprint density at radius 3 is 2.48 bits per heavy atom. The van der Waals surface area contributed by atoms with Gasteiger partial charge >= 0.3 is 0 Å². The summed E-state index contributed by atoms with van der Waals surface area (Å²) in [6.07, 6.45) is 3.86. The van der Waals surface area contributed by atoms with Crippen LogP contribution in [0.4, 0.5) is 14.7 Å². The SMILES string of the molecule is CN=C(NCCc1cccc(F)c1F)N1CCN(c2ncccn2)CC1.I. The highest BCUT2D eigenvalue weighted by Gasteiger charge is 2.21. The van der Waals surface area contributed by atoms with Crippen LogP contribution in [-0.4, -0.2) is 60.6 Å². The predicted molar refractivity (Wildman–Crippen MR) is 113 cm³/mol. The number of piperazine rings is 1. The standard InChI is InChI=1S/C18H22F2N6.HI/c1-21-17(24-9-6-14-4-2-5-15(19)16(14)20)25-10-12-26(13-11-25)18-22-7-3-8-23-18;/h2-5,7-8H,6,9-13H2,1H3,(H,21,24);1H. The van der Waals surface area contributed by atoms with Crippen LogP contribution >= 0.6 is 24.0 Å². The van der Waals surface area contributed by atoms with Crippen molar-refractivity contribution in [2.45, 2.75) is 6.42 Å². The summed E-state index contributed by atoms with van der Waals surface area (Å²) in [4.78, 5) is 17.1. The van der Waals surface area contributed by atoms with Gasteiger partial charge in [0.15, 0.2) is 17.6 Å². The minimum atomic E-state index is -0.814. The fraction of sp³-hybridized carbons (Fsp3) is 0.389. The number of anilines is 1. The average Bonchev–Trinajstić information content (AvgIpc) is 2.69. The maximum absolute atomic E-state index is 13.7. The molecule has 3 rings (SSSR count). The molecule has 0 saturated carbocycles. The summed E-state index contributed by atoms with van der Waals surface area (Å²) in [7, 11) is 1.72. The lowest BCUT2D eigenvalue weighted by Gasteiger charge is -2.36. The maximum Gasteiger partial charge on any atom is 0.225 e. The number of aliphatic imine (C=N–C) groups is 1. The van der Waals surface area contributed by atoms with Gasteiger partial charge in [0.05, 0.1) is 0 Å². The van der Waals surface area contributed by atoms with Gasteiger partial charge in [-0.05, 0) is 24.1 Å². The summed E-state index contributed by atoms with van der Waals surface area (Å²) < 4.78 is 27.0. The number of nitrogens with one attached hydrogen (secondary N) is 1. The molecule has 2 aromatic rings. The zero-order valence-electron chi connectivity index (χ0n) is 15.1. The van der Waals surface area contributed by atoms with Crippen LogP contribution in [-0.2, 0) is 6.42 Å². The van der Waals surface area contributed by atoms with Crippen LogP contribution in [0, 0.1) is 11.6 Å². The third kappa shape index (κ3) is 5.47.